The minimum atomic E-state index is -0.0238. The van der Waals surface area contributed by atoms with Gasteiger partial charge in [0.2, 0.25) is 0 Å². The van der Waals surface area contributed by atoms with Gasteiger partial charge in [0.15, 0.2) is 0 Å². The highest BCUT2D eigenvalue weighted by molar-refractivity contribution is 8.19. The monoisotopic (exact) mass is 372 g/mol. The minimum absolute atomic E-state index is 0.0195. The fourth-order valence-electron chi connectivity index (χ4n) is 2.87. The van der Waals surface area contributed by atoms with Crippen molar-refractivity contribution in [1.82, 2.24) is 10.2 Å². The van der Waals surface area contributed by atoms with E-state index in [9.17, 15) is 4.79 Å². The van der Waals surface area contributed by atoms with E-state index in [-0.39, 0.29) is 11.9 Å². The second-order valence-electron chi connectivity index (χ2n) is 6.39. The first-order chi connectivity index (χ1) is 12.1. The molecule has 1 amide bonds. The Labute approximate surface area is 158 Å². The minimum Gasteiger partial charge on any atom is -0.344 e. The predicted octanol–water partition coefficient (Wildman–Crippen LogP) is 4.20. The Morgan fingerprint density at radius 2 is 1.72 bits per heavy atom. The first-order valence-electron chi connectivity index (χ1n) is 8.47. The molecule has 25 heavy (non-hydrogen) atoms. The Bertz CT molecular complexity index is 683. The van der Waals surface area contributed by atoms with Gasteiger partial charge in [-0.1, -0.05) is 42.5 Å². The lowest BCUT2D eigenvalue weighted by atomic mass is 10.1. The van der Waals surface area contributed by atoms with Gasteiger partial charge >= 0.3 is 0 Å². The van der Waals surface area contributed by atoms with Crippen molar-refractivity contribution in [3.05, 3.63) is 71.3 Å². The average molecular weight is 373 g/mol. The van der Waals surface area contributed by atoms with Crippen molar-refractivity contribution in [2.24, 2.45) is 0 Å². The summed E-state index contributed by atoms with van der Waals surface area (Å²) in [7, 11) is 4.04. The van der Waals surface area contributed by atoms with Crippen LogP contribution in [-0.4, -0.2) is 43.0 Å². The summed E-state index contributed by atoms with van der Waals surface area (Å²) >= 11 is 3.96. The Morgan fingerprint density at radius 3 is 2.32 bits per heavy atom. The van der Waals surface area contributed by atoms with Crippen LogP contribution in [0.5, 0.6) is 0 Å². The average Bonchev–Trinajstić information content (AvgIpc) is 3.16. The molecule has 2 aromatic carbocycles. The zero-order valence-electron chi connectivity index (χ0n) is 14.6. The summed E-state index contributed by atoms with van der Waals surface area (Å²) in [6, 6.07) is 18.2. The first-order valence-corrected chi connectivity index (χ1v) is 10.6. The molecule has 1 aliphatic heterocycles. The van der Waals surface area contributed by atoms with E-state index < -0.39 is 0 Å². The summed E-state index contributed by atoms with van der Waals surface area (Å²) in [4.78, 5) is 14.8. The van der Waals surface area contributed by atoms with Crippen molar-refractivity contribution in [3.8, 4) is 0 Å². The fourth-order valence-corrected chi connectivity index (χ4v) is 5.73. The van der Waals surface area contributed by atoms with Crippen molar-refractivity contribution in [2.75, 3.05) is 32.1 Å². The van der Waals surface area contributed by atoms with Crippen LogP contribution < -0.4 is 5.32 Å². The van der Waals surface area contributed by atoms with Crippen LogP contribution in [0.3, 0.4) is 0 Å². The maximum absolute atomic E-state index is 12.7. The lowest BCUT2D eigenvalue weighted by Gasteiger charge is -2.23. The quantitative estimate of drug-likeness (QED) is 0.824. The van der Waals surface area contributed by atoms with E-state index >= 15 is 0 Å². The lowest BCUT2D eigenvalue weighted by molar-refractivity contribution is 0.0930. The number of amides is 1. The molecule has 0 aromatic heterocycles. The topological polar surface area (TPSA) is 32.3 Å². The third-order valence-corrected chi connectivity index (χ3v) is 7.23. The van der Waals surface area contributed by atoms with Gasteiger partial charge in [0, 0.05) is 23.6 Å². The summed E-state index contributed by atoms with van der Waals surface area (Å²) in [5.41, 5.74) is 3.15. The van der Waals surface area contributed by atoms with Crippen LogP contribution in [0.25, 0.3) is 0 Å². The molecule has 0 radical (unpaired) electrons. The zero-order chi connectivity index (χ0) is 17.6. The summed E-state index contributed by atoms with van der Waals surface area (Å²) in [6.45, 7) is 0.767. The molecule has 1 saturated heterocycles. The molecule has 1 fully saturated rings. The Balaban J connectivity index is 1.70. The van der Waals surface area contributed by atoms with Crippen LogP contribution in [0.2, 0.25) is 0 Å². The van der Waals surface area contributed by atoms with Gasteiger partial charge in [0.1, 0.15) is 0 Å². The van der Waals surface area contributed by atoms with Crippen molar-refractivity contribution in [3.63, 3.8) is 0 Å². The van der Waals surface area contributed by atoms with E-state index in [0.717, 1.165) is 17.7 Å². The molecule has 3 rings (SSSR count). The fraction of sp³-hybridized carbons (Fsp3) is 0.350. The van der Waals surface area contributed by atoms with Gasteiger partial charge in [-0.2, -0.15) is 0 Å². The number of nitrogens with one attached hydrogen (secondary N) is 1. The van der Waals surface area contributed by atoms with E-state index in [4.69, 9.17) is 0 Å². The van der Waals surface area contributed by atoms with E-state index in [1.807, 2.05) is 68.0 Å². The number of benzene rings is 2. The van der Waals surface area contributed by atoms with Crippen LogP contribution in [0.4, 0.5) is 0 Å². The molecule has 1 unspecified atom stereocenters. The molecule has 1 aliphatic rings. The number of thioether (sulfide) groups is 2. The van der Waals surface area contributed by atoms with E-state index in [0.29, 0.717) is 4.58 Å². The second kappa shape index (κ2) is 8.79. The Kier molecular flexibility index (Phi) is 6.45. The number of carbonyl (C=O) groups is 1. The van der Waals surface area contributed by atoms with Gasteiger partial charge in [0.25, 0.3) is 5.91 Å². The normalized spacial score (nSPS) is 16.1. The predicted molar refractivity (Wildman–Crippen MR) is 109 cm³/mol. The smallest absolute Gasteiger partial charge is 0.251 e. The highest BCUT2D eigenvalue weighted by atomic mass is 32.2. The van der Waals surface area contributed by atoms with Crippen molar-refractivity contribution < 1.29 is 4.79 Å². The lowest BCUT2D eigenvalue weighted by Crippen LogP contribution is -2.35. The van der Waals surface area contributed by atoms with Crippen molar-refractivity contribution >= 4 is 29.4 Å². The van der Waals surface area contributed by atoms with Gasteiger partial charge in [-0.15, -0.1) is 23.5 Å². The maximum Gasteiger partial charge on any atom is 0.251 e. The van der Waals surface area contributed by atoms with Crippen LogP contribution in [0.1, 0.15) is 32.1 Å². The van der Waals surface area contributed by atoms with Crippen LogP contribution in [0, 0.1) is 0 Å². The highest BCUT2D eigenvalue weighted by Gasteiger charge is 2.20. The van der Waals surface area contributed by atoms with Gasteiger partial charge in [-0.3, -0.25) is 4.79 Å². The number of hydrogen-bond donors (Lipinski definition) is 1. The molecule has 1 heterocycles. The SMILES string of the molecule is CN(C)CC(NC(=O)c1ccc(C2SCCS2)cc1)c1ccccc1. The highest BCUT2D eigenvalue weighted by Crippen LogP contribution is 2.45. The van der Waals surface area contributed by atoms with Crippen LogP contribution in [-0.2, 0) is 0 Å². The molecule has 0 aliphatic carbocycles. The molecule has 5 heteroatoms. The Hall–Kier alpha value is -1.43. The zero-order valence-corrected chi connectivity index (χ0v) is 16.3. The molecule has 0 bridgehead atoms. The van der Waals surface area contributed by atoms with Crippen molar-refractivity contribution in [1.29, 1.82) is 0 Å². The van der Waals surface area contributed by atoms with Crippen LogP contribution in [0.15, 0.2) is 54.6 Å². The summed E-state index contributed by atoms with van der Waals surface area (Å²) in [5.74, 6) is 2.40. The second-order valence-corrected chi connectivity index (χ2v) is 9.12. The molecule has 1 atom stereocenters. The van der Waals surface area contributed by atoms with Gasteiger partial charge in [-0.05, 0) is 37.4 Å². The van der Waals surface area contributed by atoms with E-state index in [2.05, 4.69) is 34.5 Å². The van der Waals surface area contributed by atoms with Gasteiger partial charge in [0.05, 0.1) is 10.6 Å². The third-order valence-electron chi connectivity index (χ3n) is 4.12. The standard InChI is InChI=1S/C20H24N2OS2/c1-22(2)14-18(15-6-4-3-5-7-15)21-19(23)16-8-10-17(11-9-16)20-24-12-13-25-20/h3-11,18,20H,12-14H2,1-2H3,(H,21,23). The molecule has 3 nitrogen and oxygen atoms in total. The number of nitrogens with zero attached hydrogens (tertiary/aromatic N) is 1. The molecular weight excluding hydrogens is 348 g/mol. The van der Waals surface area contributed by atoms with E-state index in [1.54, 1.807) is 0 Å². The molecular formula is C20H24N2OS2. The third kappa shape index (κ3) is 5.03. The van der Waals surface area contributed by atoms with E-state index in [1.165, 1.54) is 17.1 Å². The summed E-state index contributed by atoms with van der Waals surface area (Å²) in [6.07, 6.45) is 0. The number of hydrogen-bond acceptors (Lipinski definition) is 4. The van der Waals surface area contributed by atoms with Gasteiger partial charge < -0.3 is 10.2 Å². The number of rotatable bonds is 6. The molecule has 0 spiro atoms. The van der Waals surface area contributed by atoms with Crippen LogP contribution >= 0.6 is 23.5 Å². The summed E-state index contributed by atoms with van der Waals surface area (Å²) in [5, 5.41) is 3.18. The summed E-state index contributed by atoms with van der Waals surface area (Å²) < 4.78 is 0.517. The Morgan fingerprint density at radius 1 is 1.08 bits per heavy atom. The van der Waals surface area contributed by atoms with Gasteiger partial charge in [-0.25, -0.2) is 0 Å². The molecule has 0 saturated carbocycles. The molecule has 132 valence electrons. The number of carbonyl (C=O) groups excluding carboxylic acids is 1. The molecule has 2 aromatic rings. The van der Waals surface area contributed by atoms with Crippen molar-refractivity contribution in [2.45, 2.75) is 10.6 Å². The molecule has 1 N–H and O–H groups in total. The largest absolute Gasteiger partial charge is 0.344 e. The maximum atomic E-state index is 12.7. The first kappa shape index (κ1) is 18.4. The number of likely N-dealkylation sites (N-methyl/N-ethyl adjacent to an activating group) is 1.